The van der Waals surface area contributed by atoms with E-state index in [1.165, 1.54) is 51.4 Å². The van der Waals surface area contributed by atoms with Crippen molar-refractivity contribution in [3.8, 4) is 0 Å². The minimum Gasteiger partial charge on any atom is -0.462 e. The van der Waals surface area contributed by atoms with E-state index in [9.17, 15) is 9.59 Å². The first-order valence-corrected chi connectivity index (χ1v) is 27.4. The van der Waals surface area contributed by atoms with Crippen molar-refractivity contribution in [2.45, 2.75) is 219 Å². The van der Waals surface area contributed by atoms with Crippen molar-refractivity contribution in [2.75, 3.05) is 19.8 Å². The Morgan fingerprint density at radius 3 is 1.12 bits per heavy atom. The van der Waals surface area contributed by atoms with Crippen LogP contribution in [0, 0.1) is 0 Å². The Morgan fingerprint density at radius 2 is 0.691 bits per heavy atom. The second kappa shape index (κ2) is 57.1. The maximum Gasteiger partial charge on any atom is 0.306 e. The second-order valence-electron chi connectivity index (χ2n) is 17.4. The van der Waals surface area contributed by atoms with E-state index in [4.69, 9.17) is 14.2 Å². The molecule has 0 spiro atoms. The third kappa shape index (κ3) is 54.4. The number of ether oxygens (including phenoxy) is 3. The van der Waals surface area contributed by atoms with Gasteiger partial charge in [-0.05, 0) is 128 Å². The Hall–Kier alpha value is -4.22. The molecule has 0 aliphatic heterocycles. The summed E-state index contributed by atoms with van der Waals surface area (Å²) in [7, 11) is 0. The van der Waals surface area contributed by atoms with Gasteiger partial charge in [0.25, 0.3) is 0 Å². The summed E-state index contributed by atoms with van der Waals surface area (Å²) < 4.78 is 17.3. The van der Waals surface area contributed by atoms with Gasteiger partial charge >= 0.3 is 11.9 Å². The molecule has 0 N–H and O–H groups in total. The van der Waals surface area contributed by atoms with Crippen LogP contribution in [0.3, 0.4) is 0 Å². The van der Waals surface area contributed by atoms with Crippen LogP contribution in [0.2, 0.25) is 0 Å². The van der Waals surface area contributed by atoms with Gasteiger partial charge in [0.15, 0.2) is 6.10 Å². The van der Waals surface area contributed by atoms with Gasteiger partial charge in [-0.1, -0.05) is 218 Å². The highest BCUT2D eigenvalue weighted by Crippen LogP contribution is 2.11. The van der Waals surface area contributed by atoms with E-state index < -0.39 is 6.10 Å². The van der Waals surface area contributed by atoms with Crippen molar-refractivity contribution >= 4 is 11.9 Å². The molecule has 0 aromatic heterocycles. The van der Waals surface area contributed by atoms with Gasteiger partial charge in [-0.25, -0.2) is 0 Å². The van der Waals surface area contributed by atoms with E-state index in [0.29, 0.717) is 19.4 Å². The maximum atomic E-state index is 12.8. The molecule has 0 saturated carbocycles. The lowest BCUT2D eigenvalue weighted by molar-refractivity contribution is -0.162. The molecule has 0 bridgehead atoms. The molecule has 0 radical (unpaired) electrons. The van der Waals surface area contributed by atoms with Crippen LogP contribution in [-0.2, 0) is 23.8 Å². The van der Waals surface area contributed by atoms with Crippen molar-refractivity contribution in [2.24, 2.45) is 0 Å². The van der Waals surface area contributed by atoms with E-state index in [2.05, 4.69) is 161 Å². The molecule has 5 nitrogen and oxygen atoms in total. The lowest BCUT2D eigenvalue weighted by Gasteiger charge is -2.18. The third-order valence-corrected chi connectivity index (χ3v) is 10.9. The Balaban J connectivity index is 4.50. The predicted molar refractivity (Wildman–Crippen MR) is 297 cm³/mol. The fraction of sp³-hybridized carbons (Fsp3) is 0.587. The lowest BCUT2D eigenvalue weighted by Crippen LogP contribution is -2.30. The first-order valence-electron chi connectivity index (χ1n) is 27.4. The molecule has 0 amide bonds. The summed E-state index contributed by atoms with van der Waals surface area (Å²) in [5.41, 5.74) is 0. The largest absolute Gasteiger partial charge is 0.462 e. The molecule has 0 rings (SSSR count). The van der Waals surface area contributed by atoms with E-state index in [0.717, 1.165) is 122 Å². The Labute approximate surface area is 419 Å². The topological polar surface area (TPSA) is 61.8 Å². The predicted octanol–water partition coefficient (Wildman–Crippen LogP) is 18.9. The lowest BCUT2D eigenvalue weighted by atomic mass is 10.1. The number of allylic oxidation sites excluding steroid dienone is 24. The molecule has 1 atom stereocenters. The molecule has 0 heterocycles. The summed E-state index contributed by atoms with van der Waals surface area (Å²) in [6.45, 7) is 7.43. The average molecular weight is 937 g/mol. The van der Waals surface area contributed by atoms with E-state index >= 15 is 0 Å². The zero-order chi connectivity index (χ0) is 49.2. The Bertz CT molecular complexity index is 1480. The molecule has 382 valence electrons. The summed E-state index contributed by atoms with van der Waals surface area (Å²) in [5, 5.41) is 0. The number of unbranched alkanes of at least 4 members (excludes halogenated alkanes) is 13. The smallest absolute Gasteiger partial charge is 0.306 e. The van der Waals surface area contributed by atoms with Crippen molar-refractivity contribution in [3.05, 3.63) is 146 Å². The molecule has 68 heavy (non-hydrogen) atoms. The number of esters is 2. The van der Waals surface area contributed by atoms with Crippen LogP contribution in [0.5, 0.6) is 0 Å². The maximum absolute atomic E-state index is 12.8. The van der Waals surface area contributed by atoms with Crippen LogP contribution in [0.4, 0.5) is 0 Å². The molecular weight excluding hydrogens is 837 g/mol. The zero-order valence-electron chi connectivity index (χ0n) is 43.8. The molecule has 1 unspecified atom stereocenters. The number of hydrogen-bond acceptors (Lipinski definition) is 5. The van der Waals surface area contributed by atoms with Crippen LogP contribution in [0.1, 0.15) is 213 Å². The standard InChI is InChI=1S/C63H100O5/c1-4-7-10-13-16-19-22-25-28-31-32-34-35-38-41-44-47-50-53-56-62(64)67-60-61(59-66-58-55-52-49-46-43-40-37-30-27-24-21-18-15-12-9-6-3)68-63(65)57-54-51-48-45-42-39-36-33-29-26-23-20-17-14-11-8-5-2/h7-8,10-11,16-21,25-30,32,34,36,38-39,41,47,50,61H,4-6,9,12-15,22-24,31,33,35,37,40,42-46,48-49,51-60H2,1-3H3/b10-7-,11-8-,19-16-,20-17-,21-18-,28-25-,29-26-,30-27-,34-32-,39-36-,41-38-,50-47-. The zero-order valence-corrected chi connectivity index (χ0v) is 43.8. The molecule has 5 heteroatoms. The van der Waals surface area contributed by atoms with Crippen molar-refractivity contribution in [1.82, 2.24) is 0 Å². The summed E-state index contributed by atoms with van der Waals surface area (Å²) in [5.74, 6) is -0.538. The van der Waals surface area contributed by atoms with E-state index in [1.807, 2.05) is 6.08 Å². The van der Waals surface area contributed by atoms with Gasteiger partial charge in [0.05, 0.1) is 6.61 Å². The number of hydrogen-bond donors (Lipinski definition) is 0. The fourth-order valence-corrected chi connectivity index (χ4v) is 6.85. The summed E-state index contributed by atoms with van der Waals surface area (Å²) >= 11 is 0. The van der Waals surface area contributed by atoms with Gasteiger partial charge in [0.1, 0.15) is 6.61 Å². The SMILES string of the molecule is CC/C=C\C/C=C\C/C=C\C/C=C\C/C=C\C/C=C\CCC(=O)OCC(COCCCCCCCC/C=C\C/C=C\CCCCC)OC(=O)CCCCCC/C=C\C/C=C\C/C=C\C/C=C\CC. The minimum atomic E-state index is -0.597. The minimum absolute atomic E-state index is 0.0207. The average Bonchev–Trinajstić information content (AvgIpc) is 3.34. The van der Waals surface area contributed by atoms with Crippen LogP contribution in [0.15, 0.2) is 146 Å². The molecular formula is C63H100O5. The van der Waals surface area contributed by atoms with Gasteiger partial charge in [-0.15, -0.1) is 0 Å². The molecule has 0 aromatic rings. The molecule has 0 aliphatic carbocycles. The fourth-order valence-electron chi connectivity index (χ4n) is 6.85. The van der Waals surface area contributed by atoms with Crippen LogP contribution >= 0.6 is 0 Å². The summed E-state index contributed by atoms with van der Waals surface area (Å²) in [4.78, 5) is 25.5. The second-order valence-corrected chi connectivity index (χ2v) is 17.4. The first kappa shape index (κ1) is 63.8. The van der Waals surface area contributed by atoms with Crippen molar-refractivity contribution < 1.29 is 23.8 Å². The molecule has 0 aliphatic rings. The van der Waals surface area contributed by atoms with Gasteiger partial charge in [0.2, 0.25) is 0 Å². The van der Waals surface area contributed by atoms with E-state index in [1.54, 1.807) is 0 Å². The normalized spacial score (nSPS) is 13.4. The van der Waals surface area contributed by atoms with Gasteiger partial charge in [0, 0.05) is 19.4 Å². The van der Waals surface area contributed by atoms with Gasteiger partial charge < -0.3 is 14.2 Å². The first-order chi connectivity index (χ1) is 33.6. The van der Waals surface area contributed by atoms with Gasteiger partial charge in [-0.3, -0.25) is 9.59 Å². The van der Waals surface area contributed by atoms with Crippen LogP contribution in [-0.4, -0.2) is 37.9 Å². The highest BCUT2D eigenvalue weighted by atomic mass is 16.6. The van der Waals surface area contributed by atoms with Crippen LogP contribution in [0.25, 0.3) is 0 Å². The number of carbonyl (C=O) groups is 2. The highest BCUT2D eigenvalue weighted by Gasteiger charge is 2.17. The van der Waals surface area contributed by atoms with Crippen molar-refractivity contribution in [3.63, 3.8) is 0 Å². The van der Waals surface area contributed by atoms with Crippen LogP contribution < -0.4 is 0 Å². The Morgan fingerprint density at radius 1 is 0.338 bits per heavy atom. The molecule has 0 aromatic carbocycles. The monoisotopic (exact) mass is 937 g/mol. The van der Waals surface area contributed by atoms with Gasteiger partial charge in [-0.2, -0.15) is 0 Å². The number of carbonyl (C=O) groups excluding carboxylic acids is 2. The summed E-state index contributed by atoms with van der Waals surface area (Å²) in [6, 6.07) is 0. The Kier molecular flexibility index (Phi) is 53.6. The molecule has 0 saturated heterocycles. The highest BCUT2D eigenvalue weighted by molar-refractivity contribution is 5.70. The molecule has 0 fully saturated rings. The van der Waals surface area contributed by atoms with Crippen molar-refractivity contribution in [1.29, 1.82) is 0 Å². The number of rotatable bonds is 48. The van der Waals surface area contributed by atoms with E-state index in [-0.39, 0.29) is 31.6 Å². The quantitative estimate of drug-likeness (QED) is 0.0346. The third-order valence-electron chi connectivity index (χ3n) is 10.9. The summed E-state index contributed by atoms with van der Waals surface area (Å²) in [6.07, 6.45) is 83.0.